The van der Waals surface area contributed by atoms with Gasteiger partial charge >= 0.3 is 0 Å². The molecule has 4 nitrogen and oxygen atoms in total. The Bertz CT molecular complexity index is 320. The molecule has 0 aromatic carbocycles. The molecule has 2 rings (SSSR count). The summed E-state index contributed by atoms with van der Waals surface area (Å²) in [6, 6.07) is 0. The number of hydrogen-bond donors (Lipinski definition) is 2. The first-order valence-corrected chi connectivity index (χ1v) is 9.22. The highest BCUT2D eigenvalue weighted by Gasteiger charge is 2.23. The molecule has 0 aliphatic carbocycles. The molecule has 0 radical (unpaired) electrons. The topological polar surface area (TPSA) is 58.2 Å². The Kier molecular flexibility index (Phi) is 5.14. The van der Waals surface area contributed by atoms with Crippen LogP contribution in [0.2, 0.25) is 0 Å². The summed E-state index contributed by atoms with van der Waals surface area (Å²) >= 11 is 1.93. The summed E-state index contributed by atoms with van der Waals surface area (Å²) in [4.78, 5) is 0. The zero-order valence-electron chi connectivity index (χ0n) is 10.2. The lowest BCUT2D eigenvalue weighted by atomic mass is 10.0. The van der Waals surface area contributed by atoms with Crippen molar-refractivity contribution in [3.05, 3.63) is 0 Å². The highest BCUT2D eigenvalue weighted by atomic mass is 32.2. The molecule has 0 bridgehead atoms. The van der Waals surface area contributed by atoms with Gasteiger partial charge in [0.15, 0.2) is 0 Å². The maximum absolute atomic E-state index is 11.9. The van der Waals surface area contributed by atoms with Crippen molar-refractivity contribution in [1.82, 2.24) is 10.0 Å². The van der Waals surface area contributed by atoms with E-state index in [0.29, 0.717) is 24.1 Å². The standard InChI is InChI=1S/C11H22N2O2S2/c14-17(15,9-10-1-4-12-5-2-10)13-7-11-3-6-16-8-11/h10-13H,1-9H2. The quantitative estimate of drug-likeness (QED) is 0.775. The van der Waals surface area contributed by atoms with Crippen molar-refractivity contribution in [2.45, 2.75) is 19.3 Å². The van der Waals surface area contributed by atoms with Crippen LogP contribution in [-0.2, 0) is 10.0 Å². The molecule has 2 N–H and O–H groups in total. The van der Waals surface area contributed by atoms with Gasteiger partial charge in [-0.25, -0.2) is 13.1 Å². The zero-order valence-corrected chi connectivity index (χ0v) is 11.8. The average molecular weight is 278 g/mol. The van der Waals surface area contributed by atoms with Crippen molar-refractivity contribution < 1.29 is 8.42 Å². The maximum Gasteiger partial charge on any atom is 0.211 e. The minimum atomic E-state index is -3.06. The van der Waals surface area contributed by atoms with Crippen LogP contribution in [0.4, 0.5) is 0 Å². The highest BCUT2D eigenvalue weighted by molar-refractivity contribution is 7.99. The molecule has 2 aliphatic rings. The molecule has 0 spiro atoms. The van der Waals surface area contributed by atoms with Crippen molar-refractivity contribution in [1.29, 1.82) is 0 Å². The van der Waals surface area contributed by atoms with E-state index in [9.17, 15) is 8.42 Å². The van der Waals surface area contributed by atoms with Crippen LogP contribution in [0.3, 0.4) is 0 Å². The third-order valence-corrected chi connectivity index (χ3v) is 6.28. The number of rotatable bonds is 5. The molecule has 1 unspecified atom stereocenters. The molecule has 0 saturated carbocycles. The SMILES string of the molecule is O=S(=O)(CC1CCNCC1)NCC1CCSC1. The first-order valence-electron chi connectivity index (χ1n) is 6.41. The summed E-state index contributed by atoms with van der Waals surface area (Å²) in [5, 5.41) is 3.26. The molecule has 0 amide bonds. The van der Waals surface area contributed by atoms with E-state index in [1.165, 1.54) is 5.75 Å². The molecule has 2 fully saturated rings. The maximum atomic E-state index is 11.9. The molecular formula is C11H22N2O2S2. The Morgan fingerprint density at radius 2 is 1.94 bits per heavy atom. The molecule has 100 valence electrons. The van der Waals surface area contributed by atoms with Crippen LogP contribution in [-0.4, -0.2) is 45.3 Å². The fourth-order valence-electron chi connectivity index (χ4n) is 2.41. The molecule has 6 heteroatoms. The fraction of sp³-hybridized carbons (Fsp3) is 1.00. The lowest BCUT2D eigenvalue weighted by Gasteiger charge is -2.22. The minimum absolute atomic E-state index is 0.314. The van der Waals surface area contributed by atoms with E-state index in [1.54, 1.807) is 0 Å². The van der Waals surface area contributed by atoms with Gasteiger partial charge in [0.2, 0.25) is 10.0 Å². The largest absolute Gasteiger partial charge is 0.317 e. The fourth-order valence-corrected chi connectivity index (χ4v) is 5.25. The van der Waals surface area contributed by atoms with E-state index in [1.807, 2.05) is 11.8 Å². The summed E-state index contributed by atoms with van der Waals surface area (Å²) in [6.45, 7) is 2.55. The van der Waals surface area contributed by atoms with Gasteiger partial charge in [-0.3, -0.25) is 0 Å². The Balaban J connectivity index is 1.73. The van der Waals surface area contributed by atoms with Gasteiger partial charge < -0.3 is 5.32 Å². The van der Waals surface area contributed by atoms with Crippen molar-refractivity contribution in [3.63, 3.8) is 0 Å². The van der Waals surface area contributed by atoms with Crippen LogP contribution in [0.1, 0.15) is 19.3 Å². The predicted molar refractivity (Wildman–Crippen MR) is 72.8 cm³/mol. The summed E-state index contributed by atoms with van der Waals surface area (Å²) in [5.74, 6) is 3.49. The van der Waals surface area contributed by atoms with Gasteiger partial charge in [-0.15, -0.1) is 0 Å². The Morgan fingerprint density at radius 3 is 2.59 bits per heavy atom. The van der Waals surface area contributed by atoms with Gasteiger partial charge in [-0.05, 0) is 55.7 Å². The van der Waals surface area contributed by atoms with Crippen LogP contribution in [0.15, 0.2) is 0 Å². The molecule has 2 heterocycles. The second kappa shape index (κ2) is 6.41. The molecule has 2 aliphatic heterocycles. The van der Waals surface area contributed by atoms with Crippen LogP contribution < -0.4 is 10.0 Å². The molecule has 1 atom stereocenters. The number of thioether (sulfide) groups is 1. The normalized spacial score (nSPS) is 27.4. The second-order valence-electron chi connectivity index (χ2n) is 5.05. The third-order valence-electron chi connectivity index (χ3n) is 3.53. The van der Waals surface area contributed by atoms with Gasteiger partial charge in [0.05, 0.1) is 5.75 Å². The molecule has 2 saturated heterocycles. The molecule has 0 aromatic rings. The van der Waals surface area contributed by atoms with Crippen LogP contribution >= 0.6 is 11.8 Å². The van der Waals surface area contributed by atoms with E-state index in [0.717, 1.165) is 38.1 Å². The Morgan fingerprint density at radius 1 is 1.18 bits per heavy atom. The average Bonchev–Trinajstić information content (AvgIpc) is 2.80. The summed E-state index contributed by atoms with van der Waals surface area (Å²) < 4.78 is 26.6. The second-order valence-corrected chi connectivity index (χ2v) is 8.05. The van der Waals surface area contributed by atoms with Gasteiger partial charge in [-0.2, -0.15) is 11.8 Å². The van der Waals surface area contributed by atoms with Crippen molar-refractivity contribution in [2.75, 3.05) is 36.9 Å². The van der Waals surface area contributed by atoms with Gasteiger partial charge in [-0.1, -0.05) is 0 Å². The molecule has 17 heavy (non-hydrogen) atoms. The summed E-state index contributed by atoms with van der Waals surface area (Å²) in [5.41, 5.74) is 0. The van der Waals surface area contributed by atoms with E-state index in [-0.39, 0.29) is 0 Å². The third kappa shape index (κ3) is 4.77. The van der Waals surface area contributed by atoms with Crippen molar-refractivity contribution in [3.8, 4) is 0 Å². The zero-order chi connectivity index (χ0) is 12.1. The molecular weight excluding hydrogens is 256 g/mol. The van der Waals surface area contributed by atoms with E-state index >= 15 is 0 Å². The van der Waals surface area contributed by atoms with Crippen LogP contribution in [0.25, 0.3) is 0 Å². The molecule has 0 aromatic heterocycles. The lowest BCUT2D eigenvalue weighted by Crippen LogP contribution is -2.37. The number of nitrogens with one attached hydrogen (secondary N) is 2. The smallest absolute Gasteiger partial charge is 0.211 e. The van der Waals surface area contributed by atoms with Gasteiger partial charge in [0.25, 0.3) is 0 Å². The summed E-state index contributed by atoms with van der Waals surface area (Å²) in [7, 11) is -3.06. The van der Waals surface area contributed by atoms with Crippen LogP contribution in [0.5, 0.6) is 0 Å². The Hall–Kier alpha value is 0.220. The number of piperidine rings is 1. The number of sulfonamides is 1. The van der Waals surface area contributed by atoms with Gasteiger partial charge in [0, 0.05) is 6.54 Å². The summed E-state index contributed by atoms with van der Waals surface area (Å²) in [6.07, 6.45) is 3.13. The number of hydrogen-bond acceptors (Lipinski definition) is 4. The van der Waals surface area contributed by atoms with Crippen molar-refractivity contribution >= 4 is 21.8 Å². The monoisotopic (exact) mass is 278 g/mol. The van der Waals surface area contributed by atoms with Crippen LogP contribution in [0, 0.1) is 11.8 Å². The first-order chi connectivity index (χ1) is 8.16. The predicted octanol–water partition coefficient (Wildman–Crippen LogP) is 0.658. The minimum Gasteiger partial charge on any atom is -0.317 e. The Labute approximate surface area is 108 Å². The van der Waals surface area contributed by atoms with E-state index in [2.05, 4.69) is 10.0 Å². The van der Waals surface area contributed by atoms with Crippen molar-refractivity contribution in [2.24, 2.45) is 11.8 Å². The van der Waals surface area contributed by atoms with E-state index in [4.69, 9.17) is 0 Å². The van der Waals surface area contributed by atoms with E-state index < -0.39 is 10.0 Å². The first kappa shape index (κ1) is 13.6. The highest BCUT2D eigenvalue weighted by Crippen LogP contribution is 2.23. The lowest BCUT2D eigenvalue weighted by molar-refractivity contribution is 0.399. The van der Waals surface area contributed by atoms with Gasteiger partial charge in [0.1, 0.15) is 0 Å².